The van der Waals surface area contributed by atoms with E-state index in [1.165, 1.54) is 5.56 Å². The predicted molar refractivity (Wildman–Crippen MR) is 118 cm³/mol. The Morgan fingerprint density at radius 1 is 1.06 bits per heavy atom. The Bertz CT molecular complexity index is 832. The van der Waals surface area contributed by atoms with Gasteiger partial charge in [0.25, 0.3) is 0 Å². The fraction of sp³-hybridized carbons (Fsp3) is 0.375. The smallest absolute Gasteiger partial charge is 0.331 e. The lowest BCUT2D eigenvalue weighted by Crippen LogP contribution is -2.35. The minimum atomic E-state index is -1.70. The molecule has 0 bridgehead atoms. The van der Waals surface area contributed by atoms with Gasteiger partial charge in [-0.15, -0.1) is 0 Å². The summed E-state index contributed by atoms with van der Waals surface area (Å²) in [5.74, 6) is 0.922. The number of aliphatic hydroxyl groups excluding tert-OH is 1. The van der Waals surface area contributed by atoms with Crippen LogP contribution >= 0.6 is 0 Å². The monoisotopic (exact) mass is 429 g/mol. The summed E-state index contributed by atoms with van der Waals surface area (Å²) in [7, 11) is 5.39. The fourth-order valence-electron chi connectivity index (χ4n) is 3.00. The number of hydrogen-bond acceptors (Lipinski definition) is 7. The van der Waals surface area contributed by atoms with Crippen molar-refractivity contribution >= 4 is 5.97 Å². The van der Waals surface area contributed by atoms with Crippen molar-refractivity contribution in [3.63, 3.8) is 0 Å². The third-order valence-corrected chi connectivity index (χ3v) is 4.50. The van der Waals surface area contributed by atoms with Gasteiger partial charge in [-0.25, -0.2) is 4.79 Å². The van der Waals surface area contributed by atoms with Gasteiger partial charge >= 0.3 is 5.97 Å². The molecule has 0 aromatic heterocycles. The normalized spacial score (nSPS) is 12.4. The first kappa shape index (κ1) is 24.4. The molecule has 0 heterocycles. The zero-order chi connectivity index (χ0) is 22.6. The average Bonchev–Trinajstić information content (AvgIpc) is 2.75. The fourth-order valence-corrected chi connectivity index (χ4v) is 3.00. The predicted octanol–water partition coefficient (Wildman–Crippen LogP) is 2.20. The highest BCUT2D eigenvalue weighted by Gasteiger charge is 2.16. The standard InChI is InChI=1S/C24H31NO6/c1-25(2)16-21(31-24(28)15-14-23(26)27)17-30-22-7-5-4-6-19(22)11-8-18-9-12-20(29-3)13-10-18/h4-7,9-10,12-15,21,23,26-27H,8,11,16-17H2,1-3H3/b15-14+. The molecular formula is C24H31NO6. The summed E-state index contributed by atoms with van der Waals surface area (Å²) in [5.41, 5.74) is 2.27. The molecule has 168 valence electrons. The SMILES string of the molecule is COc1ccc(CCc2ccccc2OCC(CN(C)C)OC(=O)/C=C/C(O)O)cc1. The minimum absolute atomic E-state index is 0.180. The largest absolute Gasteiger partial charge is 0.497 e. The lowest BCUT2D eigenvalue weighted by Gasteiger charge is -2.22. The van der Waals surface area contributed by atoms with Gasteiger partial charge in [-0.2, -0.15) is 0 Å². The summed E-state index contributed by atoms with van der Waals surface area (Å²) < 4.78 is 16.6. The van der Waals surface area contributed by atoms with E-state index in [0.717, 1.165) is 42.1 Å². The number of para-hydroxylation sites is 1. The summed E-state index contributed by atoms with van der Waals surface area (Å²) >= 11 is 0. The van der Waals surface area contributed by atoms with Crippen molar-refractivity contribution < 1.29 is 29.2 Å². The van der Waals surface area contributed by atoms with Gasteiger partial charge in [0.2, 0.25) is 0 Å². The third kappa shape index (κ3) is 9.21. The summed E-state index contributed by atoms with van der Waals surface area (Å²) in [5, 5.41) is 17.7. The molecule has 1 unspecified atom stereocenters. The second-order valence-corrected chi connectivity index (χ2v) is 7.36. The van der Waals surface area contributed by atoms with Crippen molar-refractivity contribution in [3.05, 3.63) is 71.8 Å². The molecule has 0 fully saturated rings. The van der Waals surface area contributed by atoms with Crippen LogP contribution in [0.5, 0.6) is 11.5 Å². The number of carbonyl (C=O) groups excluding carboxylic acids is 1. The minimum Gasteiger partial charge on any atom is -0.497 e. The van der Waals surface area contributed by atoms with E-state index < -0.39 is 18.4 Å². The molecule has 0 aliphatic carbocycles. The zero-order valence-electron chi connectivity index (χ0n) is 18.2. The first-order valence-corrected chi connectivity index (χ1v) is 10.1. The number of aliphatic hydroxyl groups is 2. The molecule has 7 nitrogen and oxygen atoms in total. The number of methoxy groups -OCH3 is 1. The molecule has 7 heteroatoms. The number of benzene rings is 2. The summed E-state index contributed by atoms with van der Waals surface area (Å²) in [6, 6.07) is 15.8. The van der Waals surface area contributed by atoms with Crippen molar-refractivity contribution in [2.24, 2.45) is 0 Å². The number of likely N-dealkylation sites (N-methyl/N-ethyl adjacent to an activating group) is 1. The molecule has 0 aliphatic rings. The second kappa shape index (κ2) is 12.7. The number of nitrogens with zero attached hydrogens (tertiary/aromatic N) is 1. The van der Waals surface area contributed by atoms with Crippen LogP contribution in [0.3, 0.4) is 0 Å². The second-order valence-electron chi connectivity index (χ2n) is 7.36. The topological polar surface area (TPSA) is 88.5 Å². The Morgan fingerprint density at radius 3 is 2.42 bits per heavy atom. The van der Waals surface area contributed by atoms with Crippen LogP contribution in [0.15, 0.2) is 60.7 Å². The van der Waals surface area contributed by atoms with Gasteiger partial charge in [0.1, 0.15) is 24.2 Å². The first-order chi connectivity index (χ1) is 14.9. The van der Waals surface area contributed by atoms with Crippen molar-refractivity contribution in [1.29, 1.82) is 0 Å². The number of rotatable bonds is 12. The van der Waals surface area contributed by atoms with Gasteiger partial charge in [0.15, 0.2) is 6.29 Å². The number of hydrogen-bond donors (Lipinski definition) is 2. The summed E-state index contributed by atoms with van der Waals surface area (Å²) in [4.78, 5) is 13.8. The van der Waals surface area contributed by atoms with E-state index in [1.54, 1.807) is 7.11 Å². The molecule has 2 N–H and O–H groups in total. The first-order valence-electron chi connectivity index (χ1n) is 10.1. The third-order valence-electron chi connectivity index (χ3n) is 4.50. The van der Waals surface area contributed by atoms with E-state index in [9.17, 15) is 4.79 Å². The Hall–Kier alpha value is -2.87. The molecular weight excluding hydrogens is 398 g/mol. The zero-order valence-corrected chi connectivity index (χ0v) is 18.2. The highest BCUT2D eigenvalue weighted by molar-refractivity contribution is 5.82. The molecule has 2 rings (SSSR count). The van der Waals surface area contributed by atoms with Crippen LogP contribution in [-0.4, -0.2) is 67.8 Å². The van der Waals surface area contributed by atoms with Gasteiger partial charge in [-0.1, -0.05) is 30.3 Å². The van der Waals surface area contributed by atoms with Crippen molar-refractivity contribution in [3.8, 4) is 11.5 Å². The Morgan fingerprint density at radius 2 is 1.77 bits per heavy atom. The lowest BCUT2D eigenvalue weighted by molar-refractivity contribution is -0.145. The van der Waals surface area contributed by atoms with Crippen LogP contribution in [0.1, 0.15) is 11.1 Å². The number of carbonyl (C=O) groups is 1. The maximum atomic E-state index is 11.9. The summed E-state index contributed by atoms with van der Waals surface area (Å²) in [6.45, 7) is 0.647. The number of esters is 1. The molecule has 0 amide bonds. The average molecular weight is 430 g/mol. The Labute approximate surface area is 183 Å². The van der Waals surface area contributed by atoms with Crippen LogP contribution in [-0.2, 0) is 22.4 Å². The molecule has 31 heavy (non-hydrogen) atoms. The Kier molecular flexibility index (Phi) is 10.0. The van der Waals surface area contributed by atoms with E-state index in [0.29, 0.717) is 6.54 Å². The molecule has 2 aromatic carbocycles. The molecule has 0 saturated carbocycles. The molecule has 0 radical (unpaired) electrons. The maximum absolute atomic E-state index is 11.9. The van der Waals surface area contributed by atoms with Gasteiger partial charge in [0.05, 0.1) is 7.11 Å². The number of ether oxygens (including phenoxy) is 3. The van der Waals surface area contributed by atoms with Crippen molar-refractivity contribution in [2.45, 2.75) is 25.2 Å². The van der Waals surface area contributed by atoms with Gasteiger partial charge in [-0.3, -0.25) is 0 Å². The molecule has 0 spiro atoms. The number of aryl methyl sites for hydroxylation is 2. The van der Waals surface area contributed by atoms with Crippen molar-refractivity contribution in [2.75, 3.05) is 34.4 Å². The quantitative estimate of drug-likeness (QED) is 0.304. The Balaban J connectivity index is 1.98. The van der Waals surface area contributed by atoms with E-state index in [1.807, 2.05) is 67.5 Å². The lowest BCUT2D eigenvalue weighted by atomic mass is 10.0. The van der Waals surface area contributed by atoms with Gasteiger partial charge in [0, 0.05) is 12.6 Å². The molecule has 1 atom stereocenters. The van der Waals surface area contributed by atoms with Crippen molar-refractivity contribution in [1.82, 2.24) is 4.90 Å². The highest BCUT2D eigenvalue weighted by atomic mass is 16.6. The van der Waals surface area contributed by atoms with E-state index in [4.69, 9.17) is 24.4 Å². The van der Waals surface area contributed by atoms with E-state index in [2.05, 4.69) is 0 Å². The molecule has 2 aromatic rings. The van der Waals surface area contributed by atoms with Crippen LogP contribution < -0.4 is 9.47 Å². The molecule has 0 aliphatic heterocycles. The van der Waals surface area contributed by atoms with Crippen LogP contribution in [0.2, 0.25) is 0 Å². The van der Waals surface area contributed by atoms with Crippen LogP contribution in [0.25, 0.3) is 0 Å². The van der Waals surface area contributed by atoms with E-state index in [-0.39, 0.29) is 6.61 Å². The van der Waals surface area contributed by atoms with E-state index >= 15 is 0 Å². The van der Waals surface area contributed by atoms with Gasteiger partial charge < -0.3 is 29.3 Å². The van der Waals surface area contributed by atoms with Gasteiger partial charge in [-0.05, 0) is 62.3 Å². The maximum Gasteiger partial charge on any atom is 0.331 e. The highest BCUT2D eigenvalue weighted by Crippen LogP contribution is 2.21. The molecule has 0 saturated heterocycles. The summed E-state index contributed by atoms with van der Waals surface area (Å²) in [6.07, 6.45) is 1.39. The van der Waals surface area contributed by atoms with Crippen LogP contribution in [0.4, 0.5) is 0 Å². The van der Waals surface area contributed by atoms with Crippen LogP contribution in [0, 0.1) is 0 Å².